The van der Waals surface area contributed by atoms with Crippen LogP contribution in [0.15, 0.2) is 66.7 Å². The fourth-order valence-electron chi connectivity index (χ4n) is 2.68. The lowest BCUT2D eigenvalue weighted by atomic mass is 10.0. The minimum absolute atomic E-state index is 0.553. The second kappa shape index (κ2) is 7.19. The highest BCUT2D eigenvalue weighted by Gasteiger charge is 2.01. The van der Waals surface area contributed by atoms with E-state index in [1.807, 2.05) is 12.1 Å². The van der Waals surface area contributed by atoms with E-state index in [0.29, 0.717) is 12.5 Å². The van der Waals surface area contributed by atoms with Crippen molar-refractivity contribution in [3.63, 3.8) is 0 Å². The summed E-state index contributed by atoms with van der Waals surface area (Å²) in [5.41, 5.74) is 2.49. The molecule has 0 aliphatic carbocycles. The summed E-state index contributed by atoms with van der Waals surface area (Å²) in [5.74, 6) is 1.48. The fourth-order valence-corrected chi connectivity index (χ4v) is 2.68. The van der Waals surface area contributed by atoms with Crippen molar-refractivity contribution in [1.29, 1.82) is 0 Å². The van der Waals surface area contributed by atoms with Crippen LogP contribution in [0.3, 0.4) is 0 Å². The number of ether oxygens (including phenoxy) is 1. The summed E-state index contributed by atoms with van der Waals surface area (Å²) in [5, 5.41) is 5.96. The number of fused-ring (bicyclic) bond motifs is 1. The number of anilines is 1. The molecule has 2 heteroatoms. The zero-order chi connectivity index (χ0) is 16.1. The van der Waals surface area contributed by atoms with Gasteiger partial charge in [0.15, 0.2) is 0 Å². The van der Waals surface area contributed by atoms with E-state index >= 15 is 0 Å². The van der Waals surface area contributed by atoms with Gasteiger partial charge in [0.1, 0.15) is 12.4 Å². The Labute approximate surface area is 138 Å². The maximum absolute atomic E-state index is 5.81. The number of hydrogen-bond donors (Lipinski definition) is 1. The van der Waals surface area contributed by atoms with Gasteiger partial charge in [-0.15, -0.1) is 0 Å². The predicted molar refractivity (Wildman–Crippen MR) is 98.5 cm³/mol. The van der Waals surface area contributed by atoms with Gasteiger partial charge in [0.2, 0.25) is 0 Å². The van der Waals surface area contributed by atoms with Crippen LogP contribution in [0, 0.1) is 0 Å². The maximum atomic E-state index is 5.81. The average Bonchev–Trinajstić information content (AvgIpc) is 2.59. The lowest BCUT2D eigenvalue weighted by molar-refractivity contribution is 0.333. The molecule has 0 aromatic heterocycles. The molecule has 0 bridgehead atoms. The highest BCUT2D eigenvalue weighted by atomic mass is 16.5. The van der Waals surface area contributed by atoms with Crippen molar-refractivity contribution >= 4 is 16.5 Å². The molecular formula is C21H23NO. The van der Waals surface area contributed by atoms with Gasteiger partial charge in [-0.1, -0.05) is 62.4 Å². The van der Waals surface area contributed by atoms with Crippen molar-refractivity contribution in [2.45, 2.75) is 19.8 Å². The van der Waals surface area contributed by atoms with Crippen LogP contribution >= 0.6 is 0 Å². The molecule has 0 radical (unpaired) electrons. The molecular weight excluding hydrogens is 282 g/mol. The molecule has 3 aromatic carbocycles. The number of hydrogen-bond acceptors (Lipinski definition) is 2. The van der Waals surface area contributed by atoms with Gasteiger partial charge in [-0.05, 0) is 35.1 Å². The van der Waals surface area contributed by atoms with Crippen LogP contribution in [0.2, 0.25) is 0 Å². The summed E-state index contributed by atoms with van der Waals surface area (Å²) in [7, 11) is 0. The topological polar surface area (TPSA) is 21.3 Å². The standard InChI is InChI=1S/C21H23NO/c1-16(2)17-10-12-19(13-11-17)23-15-14-22-21-9-5-7-18-6-3-4-8-20(18)21/h3-13,16,22H,14-15H2,1-2H3. The van der Waals surface area contributed by atoms with Crippen molar-refractivity contribution < 1.29 is 4.74 Å². The van der Waals surface area contributed by atoms with E-state index in [2.05, 4.69) is 73.8 Å². The highest BCUT2D eigenvalue weighted by molar-refractivity contribution is 5.93. The third-order valence-electron chi connectivity index (χ3n) is 4.02. The Balaban J connectivity index is 1.55. The molecule has 0 saturated heterocycles. The quantitative estimate of drug-likeness (QED) is 0.611. The Morgan fingerprint density at radius 2 is 1.61 bits per heavy atom. The molecule has 118 valence electrons. The molecule has 0 atom stereocenters. The average molecular weight is 305 g/mol. The van der Waals surface area contributed by atoms with E-state index in [1.165, 1.54) is 16.3 Å². The van der Waals surface area contributed by atoms with Crippen LogP contribution < -0.4 is 10.1 Å². The summed E-state index contributed by atoms with van der Waals surface area (Å²) in [6, 6.07) is 23.1. The molecule has 0 heterocycles. The Morgan fingerprint density at radius 3 is 2.39 bits per heavy atom. The van der Waals surface area contributed by atoms with Crippen LogP contribution in [-0.2, 0) is 0 Å². The maximum Gasteiger partial charge on any atom is 0.119 e. The van der Waals surface area contributed by atoms with Crippen molar-refractivity contribution in [1.82, 2.24) is 0 Å². The molecule has 0 aliphatic heterocycles. The largest absolute Gasteiger partial charge is 0.492 e. The first kappa shape index (κ1) is 15.4. The van der Waals surface area contributed by atoms with Crippen molar-refractivity contribution in [3.05, 3.63) is 72.3 Å². The zero-order valence-electron chi connectivity index (χ0n) is 13.8. The summed E-state index contributed by atoms with van der Waals surface area (Å²) in [6.07, 6.45) is 0. The van der Waals surface area contributed by atoms with Crippen LogP contribution in [0.25, 0.3) is 10.8 Å². The van der Waals surface area contributed by atoms with E-state index < -0.39 is 0 Å². The van der Waals surface area contributed by atoms with Gasteiger partial charge in [0.05, 0.1) is 0 Å². The first-order chi connectivity index (χ1) is 11.2. The third kappa shape index (κ3) is 3.84. The van der Waals surface area contributed by atoms with E-state index in [-0.39, 0.29) is 0 Å². The predicted octanol–water partition coefficient (Wildman–Crippen LogP) is 5.45. The van der Waals surface area contributed by atoms with Crippen LogP contribution in [-0.4, -0.2) is 13.2 Å². The van der Waals surface area contributed by atoms with E-state index in [9.17, 15) is 0 Å². The summed E-state index contributed by atoms with van der Waals surface area (Å²) in [4.78, 5) is 0. The van der Waals surface area contributed by atoms with Crippen molar-refractivity contribution in [2.24, 2.45) is 0 Å². The lowest BCUT2D eigenvalue weighted by Gasteiger charge is -2.12. The molecule has 0 spiro atoms. The number of nitrogens with one attached hydrogen (secondary N) is 1. The molecule has 3 rings (SSSR count). The van der Waals surface area contributed by atoms with Gasteiger partial charge in [0, 0.05) is 17.6 Å². The Bertz CT molecular complexity index is 757. The van der Waals surface area contributed by atoms with E-state index in [4.69, 9.17) is 4.74 Å². The fraction of sp³-hybridized carbons (Fsp3) is 0.238. The third-order valence-corrected chi connectivity index (χ3v) is 4.02. The molecule has 3 aromatic rings. The second-order valence-electron chi connectivity index (χ2n) is 6.03. The summed E-state index contributed by atoms with van der Waals surface area (Å²) < 4.78 is 5.81. The first-order valence-corrected chi connectivity index (χ1v) is 8.18. The van der Waals surface area contributed by atoms with Gasteiger partial charge >= 0.3 is 0 Å². The van der Waals surface area contributed by atoms with Crippen LogP contribution in [0.5, 0.6) is 5.75 Å². The zero-order valence-corrected chi connectivity index (χ0v) is 13.8. The van der Waals surface area contributed by atoms with Gasteiger partial charge in [-0.25, -0.2) is 0 Å². The van der Waals surface area contributed by atoms with Gasteiger partial charge in [-0.3, -0.25) is 0 Å². The van der Waals surface area contributed by atoms with Gasteiger partial charge < -0.3 is 10.1 Å². The Kier molecular flexibility index (Phi) is 4.82. The normalized spacial score (nSPS) is 10.9. The first-order valence-electron chi connectivity index (χ1n) is 8.18. The Hall–Kier alpha value is -2.48. The van der Waals surface area contributed by atoms with E-state index in [0.717, 1.165) is 18.0 Å². The smallest absolute Gasteiger partial charge is 0.119 e. The monoisotopic (exact) mass is 305 g/mol. The van der Waals surface area contributed by atoms with Crippen LogP contribution in [0.4, 0.5) is 5.69 Å². The molecule has 1 N–H and O–H groups in total. The molecule has 0 saturated carbocycles. The molecule has 0 fully saturated rings. The van der Waals surface area contributed by atoms with Crippen molar-refractivity contribution in [3.8, 4) is 5.75 Å². The number of rotatable bonds is 6. The molecule has 2 nitrogen and oxygen atoms in total. The van der Waals surface area contributed by atoms with Gasteiger partial charge in [0.25, 0.3) is 0 Å². The minimum atomic E-state index is 0.553. The molecule has 0 unspecified atom stereocenters. The van der Waals surface area contributed by atoms with Crippen molar-refractivity contribution in [2.75, 3.05) is 18.5 Å². The molecule has 23 heavy (non-hydrogen) atoms. The minimum Gasteiger partial charge on any atom is -0.492 e. The summed E-state index contributed by atoms with van der Waals surface area (Å²) >= 11 is 0. The molecule has 0 amide bonds. The van der Waals surface area contributed by atoms with Crippen LogP contribution in [0.1, 0.15) is 25.3 Å². The Morgan fingerprint density at radius 1 is 0.870 bits per heavy atom. The highest BCUT2D eigenvalue weighted by Crippen LogP contribution is 2.23. The van der Waals surface area contributed by atoms with Gasteiger partial charge in [-0.2, -0.15) is 0 Å². The summed E-state index contributed by atoms with van der Waals surface area (Å²) in [6.45, 7) is 5.82. The van der Waals surface area contributed by atoms with E-state index in [1.54, 1.807) is 0 Å². The SMILES string of the molecule is CC(C)c1ccc(OCCNc2cccc3ccccc23)cc1. The lowest BCUT2D eigenvalue weighted by Crippen LogP contribution is -2.11. The number of benzene rings is 3. The second-order valence-corrected chi connectivity index (χ2v) is 6.03. The molecule has 0 aliphatic rings.